The number of hydrogen-bond acceptors (Lipinski definition) is 3. The van der Waals surface area contributed by atoms with Crippen LogP contribution in [0.15, 0.2) is 24.3 Å². The summed E-state index contributed by atoms with van der Waals surface area (Å²) < 4.78 is 27.0. The quantitative estimate of drug-likeness (QED) is 0.809. The second-order valence-corrected chi connectivity index (χ2v) is 9.62. The molecule has 144 valence electrons. The van der Waals surface area contributed by atoms with Crippen LogP contribution < -0.4 is 0 Å². The molecule has 2 heterocycles. The van der Waals surface area contributed by atoms with Crippen LogP contribution in [-0.4, -0.2) is 49.7 Å². The van der Waals surface area contributed by atoms with Gasteiger partial charge in [0.15, 0.2) is 0 Å². The molecule has 2 fully saturated rings. The first-order chi connectivity index (χ1) is 12.5. The van der Waals surface area contributed by atoms with Crippen LogP contribution >= 0.6 is 0 Å². The predicted octanol–water partition coefficient (Wildman–Crippen LogP) is 2.94. The van der Waals surface area contributed by atoms with E-state index in [-0.39, 0.29) is 17.6 Å². The van der Waals surface area contributed by atoms with Crippen LogP contribution in [0.3, 0.4) is 0 Å². The standard InChI is InChI=1S/C20H30N2O3S/c1-17-6-8-18(9-7-17)16-26(24,25)22-14-10-19(11-15-22)20(23)21-12-4-2-3-5-13-21/h6-9,19H,2-5,10-16H2,1H3. The van der Waals surface area contributed by atoms with Crippen LogP contribution in [0, 0.1) is 12.8 Å². The summed E-state index contributed by atoms with van der Waals surface area (Å²) in [5.41, 5.74) is 1.94. The van der Waals surface area contributed by atoms with Crippen molar-refractivity contribution in [3.63, 3.8) is 0 Å². The SMILES string of the molecule is Cc1ccc(CS(=O)(=O)N2CCC(C(=O)N3CCCCCC3)CC2)cc1. The largest absolute Gasteiger partial charge is 0.342 e. The van der Waals surface area contributed by atoms with Gasteiger partial charge in [0.1, 0.15) is 0 Å². The van der Waals surface area contributed by atoms with Gasteiger partial charge in [-0.3, -0.25) is 4.79 Å². The minimum absolute atomic E-state index is 0.0149. The molecule has 1 aromatic carbocycles. The van der Waals surface area contributed by atoms with Crippen molar-refractivity contribution in [3.8, 4) is 0 Å². The third kappa shape index (κ3) is 4.86. The summed E-state index contributed by atoms with van der Waals surface area (Å²) in [7, 11) is -3.32. The van der Waals surface area contributed by atoms with Crippen LogP contribution in [-0.2, 0) is 20.6 Å². The smallest absolute Gasteiger partial charge is 0.225 e. The Kier molecular flexibility index (Phi) is 6.35. The van der Waals surface area contributed by atoms with E-state index >= 15 is 0 Å². The molecule has 1 aromatic rings. The first kappa shape index (κ1) is 19.4. The molecule has 0 unspecified atom stereocenters. The summed E-state index contributed by atoms with van der Waals surface area (Å²) in [6.45, 7) is 4.64. The van der Waals surface area contributed by atoms with Gasteiger partial charge in [-0.25, -0.2) is 12.7 Å². The molecule has 2 aliphatic heterocycles. The zero-order valence-corrected chi connectivity index (χ0v) is 16.5. The third-order valence-corrected chi connectivity index (χ3v) is 7.43. The van der Waals surface area contributed by atoms with Gasteiger partial charge in [0, 0.05) is 32.1 Å². The maximum Gasteiger partial charge on any atom is 0.225 e. The summed E-state index contributed by atoms with van der Waals surface area (Å²) in [5, 5.41) is 0. The molecule has 1 amide bonds. The number of benzene rings is 1. The summed E-state index contributed by atoms with van der Waals surface area (Å²) in [5.74, 6) is 0.263. The Morgan fingerprint density at radius 1 is 0.962 bits per heavy atom. The average Bonchev–Trinajstić information content (AvgIpc) is 2.92. The lowest BCUT2D eigenvalue weighted by Gasteiger charge is -2.33. The molecule has 0 aliphatic carbocycles. The lowest BCUT2D eigenvalue weighted by molar-refractivity contribution is -0.136. The topological polar surface area (TPSA) is 57.7 Å². The van der Waals surface area contributed by atoms with E-state index in [2.05, 4.69) is 0 Å². The van der Waals surface area contributed by atoms with Gasteiger partial charge in [-0.2, -0.15) is 0 Å². The van der Waals surface area contributed by atoms with Gasteiger partial charge in [-0.05, 0) is 38.2 Å². The molecule has 26 heavy (non-hydrogen) atoms. The number of hydrogen-bond donors (Lipinski definition) is 0. The zero-order valence-electron chi connectivity index (χ0n) is 15.7. The highest BCUT2D eigenvalue weighted by Crippen LogP contribution is 2.24. The van der Waals surface area contributed by atoms with Crippen molar-refractivity contribution in [1.29, 1.82) is 0 Å². The van der Waals surface area contributed by atoms with Crippen molar-refractivity contribution >= 4 is 15.9 Å². The fourth-order valence-corrected chi connectivity index (χ4v) is 5.48. The molecule has 5 nitrogen and oxygen atoms in total. The fourth-order valence-electron chi connectivity index (χ4n) is 3.92. The highest BCUT2D eigenvalue weighted by atomic mass is 32.2. The normalized spacial score (nSPS) is 20.7. The van der Waals surface area contributed by atoms with Gasteiger partial charge in [-0.15, -0.1) is 0 Å². The molecule has 2 aliphatic rings. The molecule has 3 rings (SSSR count). The third-order valence-electron chi connectivity index (χ3n) is 5.58. The Balaban J connectivity index is 1.55. The van der Waals surface area contributed by atoms with Crippen LogP contribution in [0.4, 0.5) is 0 Å². The summed E-state index contributed by atoms with van der Waals surface area (Å²) >= 11 is 0. The van der Waals surface area contributed by atoms with Gasteiger partial charge >= 0.3 is 0 Å². The minimum Gasteiger partial charge on any atom is -0.342 e. The maximum atomic E-state index is 12.7. The number of rotatable bonds is 4. The van der Waals surface area contributed by atoms with Crippen molar-refractivity contribution in [3.05, 3.63) is 35.4 Å². The fraction of sp³-hybridized carbons (Fsp3) is 0.650. The summed E-state index contributed by atoms with van der Waals surface area (Å²) in [4.78, 5) is 14.8. The van der Waals surface area contributed by atoms with Crippen LogP contribution in [0.1, 0.15) is 49.7 Å². The van der Waals surface area contributed by atoms with Crippen LogP contribution in [0.5, 0.6) is 0 Å². The van der Waals surface area contributed by atoms with E-state index < -0.39 is 10.0 Å². The second kappa shape index (κ2) is 8.53. The predicted molar refractivity (Wildman–Crippen MR) is 103 cm³/mol. The first-order valence-corrected chi connectivity index (χ1v) is 11.4. The number of sulfonamides is 1. The molecule has 0 N–H and O–H groups in total. The van der Waals surface area contributed by atoms with Crippen LogP contribution in [0.2, 0.25) is 0 Å². The van der Waals surface area contributed by atoms with Crippen molar-refractivity contribution in [2.75, 3.05) is 26.2 Å². The van der Waals surface area contributed by atoms with E-state index in [1.54, 1.807) is 4.31 Å². The lowest BCUT2D eigenvalue weighted by Crippen LogP contribution is -2.44. The molecular weight excluding hydrogens is 348 g/mol. The van der Waals surface area contributed by atoms with Gasteiger partial charge in [0.05, 0.1) is 5.75 Å². The molecule has 2 saturated heterocycles. The van der Waals surface area contributed by atoms with Crippen molar-refractivity contribution in [2.45, 2.75) is 51.2 Å². The number of likely N-dealkylation sites (tertiary alicyclic amines) is 1. The van der Waals surface area contributed by atoms with Crippen LogP contribution in [0.25, 0.3) is 0 Å². The van der Waals surface area contributed by atoms with E-state index in [1.165, 1.54) is 12.8 Å². The van der Waals surface area contributed by atoms with E-state index in [0.29, 0.717) is 25.9 Å². The maximum absolute atomic E-state index is 12.7. The summed E-state index contributed by atoms with van der Waals surface area (Å²) in [6, 6.07) is 7.64. The highest BCUT2D eigenvalue weighted by molar-refractivity contribution is 7.88. The monoisotopic (exact) mass is 378 g/mol. The Morgan fingerprint density at radius 3 is 2.12 bits per heavy atom. The molecular formula is C20H30N2O3S. The number of amides is 1. The molecule has 0 saturated carbocycles. The highest BCUT2D eigenvalue weighted by Gasteiger charge is 2.33. The number of carbonyl (C=O) groups is 1. The zero-order chi connectivity index (χ0) is 18.6. The van der Waals surface area contributed by atoms with Gasteiger partial charge < -0.3 is 4.90 Å². The van der Waals surface area contributed by atoms with Gasteiger partial charge in [0.2, 0.25) is 15.9 Å². The molecule has 0 aromatic heterocycles. The molecule has 0 spiro atoms. The number of nitrogens with zero attached hydrogens (tertiary/aromatic N) is 2. The van der Waals surface area contributed by atoms with E-state index in [1.807, 2.05) is 36.1 Å². The average molecular weight is 379 g/mol. The van der Waals surface area contributed by atoms with E-state index in [9.17, 15) is 13.2 Å². The number of carbonyl (C=O) groups excluding carboxylic acids is 1. The van der Waals surface area contributed by atoms with Crippen molar-refractivity contribution in [2.24, 2.45) is 5.92 Å². The second-order valence-electron chi connectivity index (χ2n) is 7.65. The Bertz CT molecular complexity index is 699. The number of aryl methyl sites for hydroxylation is 1. The molecule has 0 radical (unpaired) electrons. The first-order valence-electron chi connectivity index (χ1n) is 9.78. The van der Waals surface area contributed by atoms with E-state index in [4.69, 9.17) is 0 Å². The van der Waals surface area contributed by atoms with Gasteiger partial charge in [-0.1, -0.05) is 42.7 Å². The minimum atomic E-state index is -3.32. The van der Waals surface area contributed by atoms with E-state index in [0.717, 1.165) is 37.1 Å². The molecule has 6 heteroatoms. The molecule has 0 atom stereocenters. The lowest BCUT2D eigenvalue weighted by atomic mass is 9.96. The Morgan fingerprint density at radius 2 is 1.54 bits per heavy atom. The van der Waals surface area contributed by atoms with Crippen molar-refractivity contribution in [1.82, 2.24) is 9.21 Å². The Labute approximate surface area is 157 Å². The number of piperidine rings is 1. The molecule has 0 bridgehead atoms. The summed E-state index contributed by atoms with van der Waals surface area (Å²) in [6.07, 6.45) is 5.88. The Hall–Kier alpha value is -1.40. The van der Waals surface area contributed by atoms with Crippen molar-refractivity contribution < 1.29 is 13.2 Å². The van der Waals surface area contributed by atoms with Gasteiger partial charge in [0.25, 0.3) is 0 Å².